The van der Waals surface area contributed by atoms with E-state index < -0.39 is 5.97 Å². The van der Waals surface area contributed by atoms with Crippen molar-refractivity contribution in [3.05, 3.63) is 52.9 Å². The van der Waals surface area contributed by atoms with Gasteiger partial charge in [-0.3, -0.25) is 4.79 Å². The van der Waals surface area contributed by atoms with E-state index in [0.29, 0.717) is 33.6 Å². The largest absolute Gasteiger partial charge is 0.497 e. The highest BCUT2D eigenvalue weighted by Crippen LogP contribution is 2.32. The number of benzene rings is 2. The Morgan fingerprint density at radius 1 is 1.00 bits per heavy atom. The molecule has 0 radical (unpaired) electrons. The molecule has 3 aromatic rings. The predicted molar refractivity (Wildman–Crippen MR) is 98.5 cm³/mol. The summed E-state index contributed by atoms with van der Waals surface area (Å²) in [4.78, 5) is 24.2. The molecule has 0 aliphatic carbocycles. The van der Waals surface area contributed by atoms with Crippen LogP contribution >= 0.6 is 0 Å². The van der Waals surface area contributed by atoms with Crippen molar-refractivity contribution < 1.29 is 28.2 Å². The van der Waals surface area contributed by atoms with Crippen molar-refractivity contribution in [2.45, 2.75) is 0 Å². The lowest BCUT2D eigenvalue weighted by molar-refractivity contribution is -0.142. The molecule has 0 fully saturated rings. The van der Waals surface area contributed by atoms with Crippen molar-refractivity contribution in [1.29, 1.82) is 0 Å². The molecule has 1 heterocycles. The van der Waals surface area contributed by atoms with Crippen molar-refractivity contribution >= 4 is 16.9 Å². The number of ether oxygens (including phenoxy) is 4. The van der Waals surface area contributed by atoms with Crippen LogP contribution in [0.15, 0.2) is 51.9 Å². The monoisotopic (exact) mass is 370 g/mol. The topological polar surface area (TPSA) is 84.2 Å². The molecular weight excluding hydrogens is 352 g/mol. The molecule has 7 heteroatoms. The number of esters is 1. The first-order valence-electron chi connectivity index (χ1n) is 8.05. The zero-order valence-corrected chi connectivity index (χ0v) is 15.1. The Kier molecular flexibility index (Phi) is 5.30. The fourth-order valence-corrected chi connectivity index (χ4v) is 2.57. The summed E-state index contributed by atoms with van der Waals surface area (Å²) in [5.41, 5.74) is 1.23. The highest BCUT2D eigenvalue weighted by molar-refractivity contribution is 5.85. The van der Waals surface area contributed by atoms with Crippen molar-refractivity contribution in [3.8, 4) is 28.4 Å². The SMILES string of the molecule is COC(=O)COc1cc2occ(-c3ccc(OC)cc3)c(=O)c2cc1OC. The second-order valence-corrected chi connectivity index (χ2v) is 5.57. The lowest BCUT2D eigenvalue weighted by atomic mass is 10.1. The minimum Gasteiger partial charge on any atom is -0.497 e. The lowest BCUT2D eigenvalue weighted by Crippen LogP contribution is -2.13. The molecule has 0 saturated carbocycles. The van der Waals surface area contributed by atoms with E-state index in [1.165, 1.54) is 32.6 Å². The van der Waals surface area contributed by atoms with Gasteiger partial charge in [0.25, 0.3) is 0 Å². The summed E-state index contributed by atoms with van der Waals surface area (Å²) >= 11 is 0. The van der Waals surface area contributed by atoms with Crippen LogP contribution in [0.2, 0.25) is 0 Å². The second-order valence-electron chi connectivity index (χ2n) is 5.57. The summed E-state index contributed by atoms with van der Waals surface area (Å²) in [5, 5.41) is 0.339. The van der Waals surface area contributed by atoms with Gasteiger partial charge in [-0.15, -0.1) is 0 Å². The van der Waals surface area contributed by atoms with Crippen molar-refractivity contribution in [3.63, 3.8) is 0 Å². The summed E-state index contributed by atoms with van der Waals surface area (Å²) in [6.07, 6.45) is 1.39. The first-order chi connectivity index (χ1) is 13.1. The van der Waals surface area contributed by atoms with E-state index in [1.807, 2.05) is 0 Å². The molecule has 0 bridgehead atoms. The molecule has 140 valence electrons. The van der Waals surface area contributed by atoms with Gasteiger partial charge in [0, 0.05) is 6.07 Å². The number of carbonyl (C=O) groups is 1. The average Bonchev–Trinajstić information content (AvgIpc) is 2.71. The maximum Gasteiger partial charge on any atom is 0.343 e. The zero-order valence-electron chi connectivity index (χ0n) is 15.1. The van der Waals surface area contributed by atoms with Crippen molar-refractivity contribution in [1.82, 2.24) is 0 Å². The van der Waals surface area contributed by atoms with Crippen LogP contribution in [-0.2, 0) is 9.53 Å². The molecular formula is C20H18O7. The van der Waals surface area contributed by atoms with Crippen LogP contribution in [-0.4, -0.2) is 33.9 Å². The maximum atomic E-state index is 12.9. The van der Waals surface area contributed by atoms with Crippen LogP contribution in [0.25, 0.3) is 22.1 Å². The van der Waals surface area contributed by atoms with Crippen LogP contribution < -0.4 is 19.6 Å². The number of carbonyl (C=O) groups excluding carboxylic acids is 1. The molecule has 2 aromatic carbocycles. The first-order valence-corrected chi connectivity index (χ1v) is 8.05. The minimum absolute atomic E-state index is 0.209. The molecule has 3 rings (SSSR count). The number of rotatable bonds is 6. The molecule has 27 heavy (non-hydrogen) atoms. The third-order valence-corrected chi connectivity index (χ3v) is 4.03. The quantitative estimate of drug-likeness (QED) is 0.617. The third kappa shape index (κ3) is 3.72. The van der Waals surface area contributed by atoms with Gasteiger partial charge in [-0.2, -0.15) is 0 Å². The van der Waals surface area contributed by atoms with E-state index in [4.69, 9.17) is 18.6 Å². The van der Waals surface area contributed by atoms with Gasteiger partial charge in [-0.1, -0.05) is 12.1 Å². The van der Waals surface area contributed by atoms with E-state index in [0.717, 1.165) is 0 Å². The molecule has 0 aliphatic rings. The van der Waals surface area contributed by atoms with E-state index in [1.54, 1.807) is 31.4 Å². The van der Waals surface area contributed by atoms with Gasteiger partial charge in [0.05, 0.1) is 32.3 Å². The van der Waals surface area contributed by atoms with Gasteiger partial charge >= 0.3 is 5.97 Å². The standard InChI is InChI=1S/C20H18O7/c1-23-13-6-4-12(5-7-13)15-10-26-16-9-18(27-11-19(21)25-3)17(24-2)8-14(16)20(15)22/h4-10H,11H2,1-3H3. The van der Waals surface area contributed by atoms with Crippen LogP contribution in [0, 0.1) is 0 Å². The van der Waals surface area contributed by atoms with Gasteiger partial charge in [0.1, 0.15) is 17.6 Å². The summed E-state index contributed by atoms with van der Waals surface area (Å²) in [7, 11) is 4.29. The van der Waals surface area contributed by atoms with Gasteiger partial charge in [0.15, 0.2) is 18.1 Å². The highest BCUT2D eigenvalue weighted by atomic mass is 16.6. The molecule has 0 atom stereocenters. The van der Waals surface area contributed by atoms with Crippen LogP contribution in [0.5, 0.6) is 17.2 Å². The van der Waals surface area contributed by atoms with Crippen LogP contribution in [0.1, 0.15) is 0 Å². The van der Waals surface area contributed by atoms with Crippen LogP contribution in [0.3, 0.4) is 0 Å². The summed E-state index contributed by atoms with van der Waals surface area (Å²) in [6.45, 7) is -0.285. The number of hydrogen-bond acceptors (Lipinski definition) is 7. The molecule has 0 aliphatic heterocycles. The highest BCUT2D eigenvalue weighted by Gasteiger charge is 2.15. The maximum absolute atomic E-state index is 12.9. The van der Waals surface area contributed by atoms with Gasteiger partial charge < -0.3 is 23.4 Å². The van der Waals surface area contributed by atoms with E-state index >= 15 is 0 Å². The summed E-state index contributed by atoms with van der Waals surface area (Å²) < 4.78 is 26.0. The summed E-state index contributed by atoms with van der Waals surface area (Å²) in [6, 6.07) is 10.1. The van der Waals surface area contributed by atoms with E-state index in [9.17, 15) is 9.59 Å². The Morgan fingerprint density at radius 2 is 1.74 bits per heavy atom. The number of hydrogen-bond donors (Lipinski definition) is 0. The fraction of sp³-hybridized carbons (Fsp3) is 0.200. The normalized spacial score (nSPS) is 10.5. The zero-order chi connectivity index (χ0) is 19.4. The molecule has 0 spiro atoms. The van der Waals surface area contributed by atoms with Gasteiger partial charge in [-0.05, 0) is 23.8 Å². The molecule has 0 N–H and O–H groups in total. The third-order valence-electron chi connectivity index (χ3n) is 4.03. The Balaban J connectivity index is 2.04. The average molecular weight is 370 g/mol. The van der Waals surface area contributed by atoms with E-state index in [-0.39, 0.29) is 17.8 Å². The second kappa shape index (κ2) is 7.82. The van der Waals surface area contributed by atoms with E-state index in [2.05, 4.69) is 4.74 Å². The lowest BCUT2D eigenvalue weighted by Gasteiger charge is -2.11. The molecule has 0 amide bonds. The molecule has 1 aromatic heterocycles. The molecule has 0 unspecified atom stereocenters. The van der Waals surface area contributed by atoms with Gasteiger partial charge in [-0.25, -0.2) is 4.79 Å². The summed E-state index contributed by atoms with van der Waals surface area (Å²) in [5.74, 6) is 0.743. The predicted octanol–water partition coefficient (Wildman–Crippen LogP) is 3.03. The minimum atomic E-state index is -0.534. The Morgan fingerprint density at radius 3 is 2.37 bits per heavy atom. The Labute approximate surface area is 155 Å². The Bertz CT molecular complexity index is 1020. The number of fused-ring (bicyclic) bond motifs is 1. The number of methoxy groups -OCH3 is 3. The Hall–Kier alpha value is -3.48. The van der Waals surface area contributed by atoms with Crippen molar-refractivity contribution in [2.75, 3.05) is 27.9 Å². The smallest absolute Gasteiger partial charge is 0.343 e. The fourth-order valence-electron chi connectivity index (χ4n) is 2.57. The molecule has 7 nitrogen and oxygen atoms in total. The molecule has 0 saturated heterocycles. The first kappa shape index (κ1) is 18.3. The van der Waals surface area contributed by atoms with Crippen molar-refractivity contribution in [2.24, 2.45) is 0 Å². The van der Waals surface area contributed by atoms with Crippen LogP contribution in [0.4, 0.5) is 0 Å². The van der Waals surface area contributed by atoms with Gasteiger partial charge in [0.2, 0.25) is 5.43 Å².